The van der Waals surface area contributed by atoms with Gasteiger partial charge in [0.1, 0.15) is 11.5 Å². The van der Waals surface area contributed by atoms with E-state index in [1.54, 1.807) is 12.4 Å². The van der Waals surface area contributed by atoms with E-state index in [0.29, 0.717) is 11.5 Å². The third-order valence-corrected chi connectivity index (χ3v) is 2.27. The van der Waals surface area contributed by atoms with Gasteiger partial charge in [-0.25, -0.2) is 9.97 Å². The molecule has 2 heterocycles. The maximum Gasteiger partial charge on any atom is 0.150 e. The van der Waals surface area contributed by atoms with Crippen LogP contribution >= 0.6 is 0 Å². The molecule has 2 aromatic rings. The molecular formula is C11H12N4. The molecule has 0 spiro atoms. The van der Waals surface area contributed by atoms with Crippen LogP contribution in [-0.4, -0.2) is 15.0 Å². The summed E-state index contributed by atoms with van der Waals surface area (Å²) < 4.78 is 0. The largest absolute Gasteiger partial charge is 0.382 e. The van der Waals surface area contributed by atoms with Gasteiger partial charge < -0.3 is 5.73 Å². The van der Waals surface area contributed by atoms with Crippen LogP contribution in [0, 0.1) is 13.8 Å². The number of nitrogens with two attached hydrogens (primary N) is 1. The van der Waals surface area contributed by atoms with Crippen molar-refractivity contribution in [3.63, 3.8) is 0 Å². The maximum atomic E-state index is 5.82. The van der Waals surface area contributed by atoms with Crippen molar-refractivity contribution in [2.24, 2.45) is 0 Å². The number of hydrogen-bond donors (Lipinski definition) is 1. The molecule has 0 aliphatic carbocycles. The smallest absolute Gasteiger partial charge is 0.150 e. The molecule has 0 fully saturated rings. The number of aromatic nitrogens is 3. The van der Waals surface area contributed by atoms with Crippen LogP contribution in [0.25, 0.3) is 11.3 Å². The molecular weight excluding hydrogens is 188 g/mol. The molecule has 0 saturated carbocycles. The topological polar surface area (TPSA) is 64.7 Å². The van der Waals surface area contributed by atoms with E-state index in [1.807, 2.05) is 26.0 Å². The Morgan fingerprint density at radius 2 is 1.87 bits per heavy atom. The highest BCUT2D eigenvalue weighted by molar-refractivity contribution is 5.69. The van der Waals surface area contributed by atoms with Crippen molar-refractivity contribution < 1.29 is 0 Å². The van der Waals surface area contributed by atoms with Crippen LogP contribution in [0.5, 0.6) is 0 Å². The van der Waals surface area contributed by atoms with Crippen LogP contribution in [0.4, 0.5) is 5.82 Å². The molecule has 0 aromatic carbocycles. The van der Waals surface area contributed by atoms with Gasteiger partial charge in [0, 0.05) is 18.0 Å². The molecule has 4 nitrogen and oxygen atoms in total. The number of hydrogen-bond acceptors (Lipinski definition) is 4. The molecule has 0 aliphatic rings. The molecule has 2 aromatic heterocycles. The Balaban J connectivity index is 2.59. The molecule has 0 saturated heterocycles. The van der Waals surface area contributed by atoms with Crippen molar-refractivity contribution in [3.05, 3.63) is 35.9 Å². The highest BCUT2D eigenvalue weighted by Crippen LogP contribution is 2.21. The summed E-state index contributed by atoms with van der Waals surface area (Å²) in [6.07, 6.45) is 3.45. The average Bonchev–Trinajstić information content (AvgIpc) is 2.25. The summed E-state index contributed by atoms with van der Waals surface area (Å²) in [5.41, 5.74) is 9.17. The van der Waals surface area contributed by atoms with Gasteiger partial charge in [0.05, 0.1) is 11.4 Å². The molecule has 0 aliphatic heterocycles. The molecule has 0 radical (unpaired) electrons. The second-order valence-corrected chi connectivity index (χ2v) is 3.37. The third-order valence-electron chi connectivity index (χ3n) is 2.27. The molecule has 76 valence electrons. The molecule has 2 N–H and O–H groups in total. The predicted molar refractivity (Wildman–Crippen MR) is 59.1 cm³/mol. The van der Waals surface area contributed by atoms with Gasteiger partial charge in [0.15, 0.2) is 0 Å². The van der Waals surface area contributed by atoms with E-state index in [1.165, 1.54) is 0 Å². The SMILES string of the molecule is Cc1nc(N)c(-c2cccnc2)nc1C. The number of pyridine rings is 1. The van der Waals surface area contributed by atoms with E-state index in [0.717, 1.165) is 17.0 Å². The number of aryl methyl sites for hydroxylation is 2. The number of nitrogen functional groups attached to an aromatic ring is 1. The van der Waals surface area contributed by atoms with Gasteiger partial charge in [-0.15, -0.1) is 0 Å². The monoisotopic (exact) mass is 200 g/mol. The van der Waals surface area contributed by atoms with Crippen LogP contribution in [0.2, 0.25) is 0 Å². The Kier molecular flexibility index (Phi) is 2.33. The summed E-state index contributed by atoms with van der Waals surface area (Å²) in [6, 6.07) is 3.77. The van der Waals surface area contributed by atoms with Gasteiger partial charge in [-0.3, -0.25) is 4.98 Å². The predicted octanol–water partition coefficient (Wildman–Crippen LogP) is 1.74. The first-order valence-corrected chi connectivity index (χ1v) is 4.69. The summed E-state index contributed by atoms with van der Waals surface area (Å²) >= 11 is 0. The maximum absolute atomic E-state index is 5.82. The first kappa shape index (κ1) is 9.58. The summed E-state index contributed by atoms with van der Waals surface area (Å²) in [4.78, 5) is 12.7. The zero-order valence-corrected chi connectivity index (χ0v) is 8.73. The summed E-state index contributed by atoms with van der Waals surface area (Å²) in [5, 5.41) is 0. The Bertz CT molecular complexity index is 479. The molecule has 0 bridgehead atoms. The normalized spacial score (nSPS) is 10.3. The standard InChI is InChI=1S/C11H12N4/c1-7-8(2)15-11(12)10(14-7)9-4-3-5-13-6-9/h3-6H,1-2H3,(H2,12,15). The van der Waals surface area contributed by atoms with Gasteiger partial charge in [0.2, 0.25) is 0 Å². The van der Waals surface area contributed by atoms with E-state index in [4.69, 9.17) is 5.73 Å². The summed E-state index contributed by atoms with van der Waals surface area (Å²) in [7, 11) is 0. The lowest BCUT2D eigenvalue weighted by Gasteiger charge is -2.06. The van der Waals surface area contributed by atoms with Crippen molar-refractivity contribution in [1.29, 1.82) is 0 Å². The Morgan fingerprint density at radius 3 is 2.53 bits per heavy atom. The molecule has 15 heavy (non-hydrogen) atoms. The zero-order chi connectivity index (χ0) is 10.8. The fourth-order valence-corrected chi connectivity index (χ4v) is 1.34. The van der Waals surface area contributed by atoms with Gasteiger partial charge in [-0.05, 0) is 26.0 Å². The second kappa shape index (κ2) is 3.65. The fraction of sp³-hybridized carbons (Fsp3) is 0.182. The zero-order valence-electron chi connectivity index (χ0n) is 8.73. The molecule has 0 unspecified atom stereocenters. The lowest BCUT2D eigenvalue weighted by Crippen LogP contribution is -2.02. The molecule has 4 heteroatoms. The van der Waals surface area contributed by atoms with E-state index in [2.05, 4.69) is 15.0 Å². The average molecular weight is 200 g/mol. The van der Waals surface area contributed by atoms with Crippen LogP contribution in [-0.2, 0) is 0 Å². The minimum absolute atomic E-state index is 0.450. The highest BCUT2D eigenvalue weighted by atomic mass is 14.9. The quantitative estimate of drug-likeness (QED) is 0.761. The van der Waals surface area contributed by atoms with Crippen molar-refractivity contribution in [2.45, 2.75) is 13.8 Å². The second-order valence-electron chi connectivity index (χ2n) is 3.37. The van der Waals surface area contributed by atoms with Gasteiger partial charge >= 0.3 is 0 Å². The van der Waals surface area contributed by atoms with Crippen molar-refractivity contribution in [1.82, 2.24) is 15.0 Å². The third kappa shape index (κ3) is 1.79. The van der Waals surface area contributed by atoms with Gasteiger partial charge in [-0.1, -0.05) is 0 Å². The van der Waals surface area contributed by atoms with Crippen LogP contribution < -0.4 is 5.73 Å². The molecule has 0 atom stereocenters. The Labute approximate surface area is 88.2 Å². The summed E-state index contributed by atoms with van der Waals surface area (Å²) in [6.45, 7) is 3.81. The van der Waals surface area contributed by atoms with Gasteiger partial charge in [-0.2, -0.15) is 0 Å². The van der Waals surface area contributed by atoms with Crippen LogP contribution in [0.1, 0.15) is 11.4 Å². The van der Waals surface area contributed by atoms with E-state index in [9.17, 15) is 0 Å². The van der Waals surface area contributed by atoms with E-state index in [-0.39, 0.29) is 0 Å². The fourth-order valence-electron chi connectivity index (χ4n) is 1.34. The van der Waals surface area contributed by atoms with Crippen LogP contribution in [0.15, 0.2) is 24.5 Å². The first-order valence-electron chi connectivity index (χ1n) is 4.69. The first-order chi connectivity index (χ1) is 7.18. The highest BCUT2D eigenvalue weighted by Gasteiger charge is 2.07. The van der Waals surface area contributed by atoms with Crippen LogP contribution in [0.3, 0.4) is 0 Å². The van der Waals surface area contributed by atoms with Crippen molar-refractivity contribution in [3.8, 4) is 11.3 Å². The number of rotatable bonds is 1. The lowest BCUT2D eigenvalue weighted by molar-refractivity contribution is 1.06. The van der Waals surface area contributed by atoms with Gasteiger partial charge in [0.25, 0.3) is 0 Å². The Morgan fingerprint density at radius 1 is 1.13 bits per heavy atom. The minimum Gasteiger partial charge on any atom is -0.382 e. The summed E-state index contributed by atoms with van der Waals surface area (Å²) in [5.74, 6) is 0.450. The van der Waals surface area contributed by atoms with Crippen molar-refractivity contribution >= 4 is 5.82 Å². The lowest BCUT2D eigenvalue weighted by atomic mass is 10.2. The van der Waals surface area contributed by atoms with E-state index >= 15 is 0 Å². The minimum atomic E-state index is 0.450. The van der Waals surface area contributed by atoms with Crippen molar-refractivity contribution in [2.75, 3.05) is 5.73 Å². The molecule has 0 amide bonds. The molecule has 2 rings (SSSR count). The number of nitrogens with zero attached hydrogens (tertiary/aromatic N) is 3. The Hall–Kier alpha value is -1.97. The van der Waals surface area contributed by atoms with E-state index < -0.39 is 0 Å². The number of anilines is 1.